The summed E-state index contributed by atoms with van der Waals surface area (Å²) in [7, 11) is 0. The molecule has 1 aromatic carbocycles. The van der Waals surface area contributed by atoms with Crippen molar-refractivity contribution < 1.29 is 4.74 Å². The van der Waals surface area contributed by atoms with Gasteiger partial charge < -0.3 is 10.1 Å². The van der Waals surface area contributed by atoms with Crippen molar-refractivity contribution in [3.8, 4) is 5.75 Å². The summed E-state index contributed by atoms with van der Waals surface area (Å²) in [5.41, 5.74) is 2.70. The Morgan fingerprint density at radius 1 is 1.29 bits per heavy atom. The van der Waals surface area contributed by atoms with Crippen LogP contribution >= 0.6 is 27.3 Å². The standard InChI is InChI=1S/C17H22BrNOS/c1-12(2)17-5-4-15(8-13(17)3)20-7-6-19-10-16-9-14(18)11-21-16/h4-5,8-9,11-12,19H,6-7,10H2,1-3H3. The second-order valence-corrected chi connectivity index (χ2v) is 7.34. The second kappa shape index (κ2) is 7.97. The largest absolute Gasteiger partial charge is 0.492 e. The molecule has 0 radical (unpaired) electrons. The molecule has 0 spiro atoms. The highest BCUT2D eigenvalue weighted by Gasteiger charge is 2.04. The van der Waals surface area contributed by atoms with Gasteiger partial charge in [0.15, 0.2) is 0 Å². The molecular formula is C17H22BrNOS. The molecule has 0 unspecified atom stereocenters. The zero-order valence-corrected chi connectivity index (χ0v) is 15.2. The summed E-state index contributed by atoms with van der Waals surface area (Å²) in [6.45, 7) is 9.01. The van der Waals surface area contributed by atoms with Crippen molar-refractivity contribution in [2.24, 2.45) is 0 Å². The lowest BCUT2D eigenvalue weighted by atomic mass is 9.98. The van der Waals surface area contributed by atoms with Crippen LogP contribution in [-0.4, -0.2) is 13.2 Å². The molecule has 1 N–H and O–H groups in total. The number of nitrogens with one attached hydrogen (secondary N) is 1. The van der Waals surface area contributed by atoms with E-state index in [2.05, 4.69) is 71.7 Å². The molecule has 114 valence electrons. The average molecular weight is 368 g/mol. The Morgan fingerprint density at radius 3 is 2.71 bits per heavy atom. The van der Waals surface area contributed by atoms with Gasteiger partial charge in [0.1, 0.15) is 12.4 Å². The highest BCUT2D eigenvalue weighted by atomic mass is 79.9. The van der Waals surface area contributed by atoms with Gasteiger partial charge in [0.05, 0.1) is 0 Å². The molecule has 0 saturated carbocycles. The zero-order valence-electron chi connectivity index (χ0n) is 12.8. The van der Waals surface area contributed by atoms with E-state index in [4.69, 9.17) is 4.74 Å². The lowest BCUT2D eigenvalue weighted by Gasteiger charge is -2.12. The topological polar surface area (TPSA) is 21.3 Å². The summed E-state index contributed by atoms with van der Waals surface area (Å²) in [6.07, 6.45) is 0. The van der Waals surface area contributed by atoms with Crippen molar-refractivity contribution in [1.29, 1.82) is 0 Å². The molecule has 0 atom stereocenters. The summed E-state index contributed by atoms with van der Waals surface area (Å²) in [5, 5.41) is 5.50. The molecule has 1 heterocycles. The molecule has 1 aromatic heterocycles. The Morgan fingerprint density at radius 2 is 2.10 bits per heavy atom. The Hall–Kier alpha value is -0.840. The predicted molar refractivity (Wildman–Crippen MR) is 94.5 cm³/mol. The summed E-state index contributed by atoms with van der Waals surface area (Å²) in [6, 6.07) is 8.52. The van der Waals surface area contributed by atoms with E-state index in [0.29, 0.717) is 12.5 Å². The molecule has 4 heteroatoms. The molecular weight excluding hydrogens is 346 g/mol. The van der Waals surface area contributed by atoms with E-state index in [0.717, 1.165) is 23.3 Å². The number of hydrogen-bond acceptors (Lipinski definition) is 3. The maximum Gasteiger partial charge on any atom is 0.119 e. The molecule has 0 aliphatic carbocycles. The van der Waals surface area contributed by atoms with Gasteiger partial charge in [-0.15, -0.1) is 11.3 Å². The third-order valence-electron chi connectivity index (χ3n) is 3.33. The molecule has 2 nitrogen and oxygen atoms in total. The van der Waals surface area contributed by atoms with Crippen molar-refractivity contribution in [3.05, 3.63) is 50.1 Å². The minimum Gasteiger partial charge on any atom is -0.492 e. The van der Waals surface area contributed by atoms with Gasteiger partial charge in [0.2, 0.25) is 0 Å². The van der Waals surface area contributed by atoms with Gasteiger partial charge in [-0.05, 0) is 58.1 Å². The van der Waals surface area contributed by atoms with Crippen molar-refractivity contribution >= 4 is 27.3 Å². The van der Waals surface area contributed by atoms with Crippen LogP contribution in [0.4, 0.5) is 0 Å². The summed E-state index contributed by atoms with van der Waals surface area (Å²) < 4.78 is 6.95. The first kappa shape index (κ1) is 16.5. The monoisotopic (exact) mass is 367 g/mol. The zero-order chi connectivity index (χ0) is 15.2. The Balaban J connectivity index is 1.72. The van der Waals surface area contributed by atoms with E-state index in [1.165, 1.54) is 16.0 Å². The third-order valence-corrected chi connectivity index (χ3v) is 5.03. The fraction of sp³-hybridized carbons (Fsp3) is 0.412. The molecule has 0 fully saturated rings. The Kier molecular flexibility index (Phi) is 6.27. The average Bonchev–Trinajstić information content (AvgIpc) is 2.84. The van der Waals surface area contributed by atoms with Crippen LogP contribution in [0.3, 0.4) is 0 Å². The number of rotatable bonds is 7. The van der Waals surface area contributed by atoms with Crippen molar-refractivity contribution in [2.75, 3.05) is 13.2 Å². The van der Waals surface area contributed by atoms with Gasteiger partial charge >= 0.3 is 0 Å². The van der Waals surface area contributed by atoms with Gasteiger partial charge in [0, 0.05) is 27.8 Å². The van der Waals surface area contributed by atoms with Crippen LogP contribution in [0.15, 0.2) is 34.1 Å². The highest BCUT2D eigenvalue weighted by Crippen LogP contribution is 2.23. The molecule has 2 rings (SSSR count). The number of ether oxygens (including phenoxy) is 1. The van der Waals surface area contributed by atoms with Crippen LogP contribution in [0.2, 0.25) is 0 Å². The molecule has 21 heavy (non-hydrogen) atoms. The Bertz CT molecular complexity index is 580. The van der Waals surface area contributed by atoms with Crippen molar-refractivity contribution in [3.63, 3.8) is 0 Å². The van der Waals surface area contributed by atoms with Gasteiger partial charge in [-0.2, -0.15) is 0 Å². The SMILES string of the molecule is Cc1cc(OCCNCc2cc(Br)cs2)ccc1C(C)C. The third kappa shape index (κ3) is 5.13. The first-order chi connectivity index (χ1) is 10.1. The fourth-order valence-electron chi connectivity index (χ4n) is 2.28. The van der Waals surface area contributed by atoms with Gasteiger partial charge in [-0.3, -0.25) is 0 Å². The van der Waals surface area contributed by atoms with Crippen molar-refractivity contribution in [1.82, 2.24) is 5.32 Å². The fourth-order valence-corrected chi connectivity index (χ4v) is 3.71. The van der Waals surface area contributed by atoms with E-state index in [1.807, 2.05) is 0 Å². The van der Waals surface area contributed by atoms with Crippen LogP contribution in [-0.2, 0) is 6.54 Å². The van der Waals surface area contributed by atoms with E-state index in [-0.39, 0.29) is 0 Å². The molecule has 2 aromatic rings. The maximum absolute atomic E-state index is 5.80. The number of hydrogen-bond donors (Lipinski definition) is 1. The summed E-state index contributed by atoms with van der Waals surface area (Å²) in [5.74, 6) is 1.52. The van der Waals surface area contributed by atoms with Gasteiger partial charge in [-0.1, -0.05) is 19.9 Å². The lowest BCUT2D eigenvalue weighted by Crippen LogP contribution is -2.20. The molecule has 0 aliphatic heterocycles. The van der Waals surface area contributed by atoms with Crippen LogP contribution < -0.4 is 10.1 Å². The minimum atomic E-state index is 0.561. The highest BCUT2D eigenvalue weighted by molar-refractivity contribution is 9.10. The first-order valence-corrected chi connectivity index (χ1v) is 8.90. The van der Waals surface area contributed by atoms with Gasteiger partial charge in [0.25, 0.3) is 0 Å². The number of aryl methyl sites for hydroxylation is 1. The quantitative estimate of drug-likeness (QED) is 0.686. The normalized spacial score (nSPS) is 11.1. The number of halogens is 1. The minimum absolute atomic E-state index is 0.561. The van der Waals surface area contributed by atoms with Gasteiger partial charge in [-0.25, -0.2) is 0 Å². The van der Waals surface area contributed by atoms with E-state index in [9.17, 15) is 0 Å². The van der Waals surface area contributed by atoms with E-state index < -0.39 is 0 Å². The number of thiophene rings is 1. The Labute approximate surface area is 139 Å². The molecule has 0 saturated heterocycles. The second-order valence-electron chi connectivity index (χ2n) is 5.43. The molecule has 0 bridgehead atoms. The summed E-state index contributed by atoms with van der Waals surface area (Å²) in [4.78, 5) is 1.33. The maximum atomic E-state index is 5.80. The molecule has 0 aliphatic rings. The first-order valence-electron chi connectivity index (χ1n) is 7.23. The van der Waals surface area contributed by atoms with Crippen molar-refractivity contribution in [2.45, 2.75) is 33.2 Å². The predicted octanol–water partition coefficient (Wildman–Crippen LogP) is 5.11. The van der Waals surface area contributed by atoms with E-state index >= 15 is 0 Å². The lowest BCUT2D eigenvalue weighted by molar-refractivity contribution is 0.313. The van der Waals surface area contributed by atoms with E-state index in [1.54, 1.807) is 11.3 Å². The summed E-state index contributed by atoms with van der Waals surface area (Å²) >= 11 is 5.23. The number of benzene rings is 1. The van der Waals surface area contributed by atoms with Crippen LogP contribution in [0.5, 0.6) is 5.75 Å². The van der Waals surface area contributed by atoms with Crippen LogP contribution in [0.25, 0.3) is 0 Å². The molecule has 0 amide bonds. The smallest absolute Gasteiger partial charge is 0.119 e. The van der Waals surface area contributed by atoms with Crippen LogP contribution in [0, 0.1) is 6.92 Å². The van der Waals surface area contributed by atoms with Crippen LogP contribution in [0.1, 0.15) is 35.8 Å².